The van der Waals surface area contributed by atoms with Crippen molar-refractivity contribution in [2.24, 2.45) is 0 Å². The van der Waals surface area contributed by atoms with Crippen LogP contribution in [0, 0.1) is 0 Å². The van der Waals surface area contributed by atoms with Gasteiger partial charge in [0.05, 0.1) is 0 Å². The van der Waals surface area contributed by atoms with Gasteiger partial charge in [-0.2, -0.15) is 0 Å². The number of hydrogen-bond donors (Lipinski definition) is 1. The Morgan fingerprint density at radius 3 is 2.40 bits per heavy atom. The topological polar surface area (TPSA) is 61.9 Å². The predicted molar refractivity (Wildman–Crippen MR) is 77.5 cm³/mol. The monoisotopic (exact) mass is 285 g/mol. The highest BCUT2D eigenvalue weighted by atomic mass is 16.6. The van der Waals surface area contributed by atoms with E-state index < -0.39 is 17.7 Å². The second-order valence-corrected chi connectivity index (χ2v) is 6.35. The van der Waals surface area contributed by atoms with Gasteiger partial charge in [-0.1, -0.05) is 0 Å². The molecule has 0 saturated carbocycles. The van der Waals surface area contributed by atoms with E-state index in [0.717, 1.165) is 26.1 Å². The molecule has 1 aliphatic heterocycles. The number of nitrogens with zero attached hydrogens (tertiary/aromatic N) is 2. The summed E-state index contributed by atoms with van der Waals surface area (Å²) in [6.07, 6.45) is 0.409. The van der Waals surface area contributed by atoms with Crippen molar-refractivity contribution in [2.45, 2.75) is 45.8 Å². The maximum atomic E-state index is 12.3. The molecule has 1 fully saturated rings. The van der Waals surface area contributed by atoms with Crippen molar-refractivity contribution in [2.75, 3.05) is 33.2 Å². The van der Waals surface area contributed by atoms with E-state index in [1.165, 1.54) is 0 Å². The van der Waals surface area contributed by atoms with E-state index in [0.29, 0.717) is 6.54 Å². The van der Waals surface area contributed by atoms with Gasteiger partial charge in [-0.15, -0.1) is 0 Å². The fourth-order valence-corrected chi connectivity index (χ4v) is 2.09. The fraction of sp³-hybridized carbons (Fsp3) is 0.857. The number of hydrogen-bond acceptors (Lipinski definition) is 4. The molecule has 6 nitrogen and oxygen atoms in total. The molecule has 2 amide bonds. The molecule has 6 heteroatoms. The molecule has 1 N–H and O–H groups in total. The van der Waals surface area contributed by atoms with Gasteiger partial charge in [0.25, 0.3) is 0 Å². The van der Waals surface area contributed by atoms with E-state index >= 15 is 0 Å². The maximum absolute atomic E-state index is 12.3. The quantitative estimate of drug-likeness (QED) is 0.824. The Bertz CT molecular complexity index is 352. The number of amides is 2. The van der Waals surface area contributed by atoms with Crippen molar-refractivity contribution in [3.63, 3.8) is 0 Å². The molecule has 1 heterocycles. The Labute approximate surface area is 121 Å². The molecular formula is C14H27N3O3. The van der Waals surface area contributed by atoms with E-state index in [-0.39, 0.29) is 5.91 Å². The van der Waals surface area contributed by atoms with Crippen LogP contribution in [0.4, 0.5) is 4.79 Å². The first-order valence-corrected chi connectivity index (χ1v) is 7.16. The highest BCUT2D eigenvalue weighted by Gasteiger charge is 2.25. The first-order valence-electron chi connectivity index (χ1n) is 7.16. The van der Waals surface area contributed by atoms with Gasteiger partial charge in [0, 0.05) is 19.6 Å². The summed E-state index contributed by atoms with van der Waals surface area (Å²) in [5.41, 5.74) is -0.557. The molecule has 1 atom stereocenters. The zero-order valence-corrected chi connectivity index (χ0v) is 13.2. The van der Waals surface area contributed by atoms with Crippen molar-refractivity contribution in [1.29, 1.82) is 0 Å². The first kappa shape index (κ1) is 16.8. The average Bonchev–Trinajstić information content (AvgIpc) is 2.50. The summed E-state index contributed by atoms with van der Waals surface area (Å²) in [6, 6.07) is -0.562. The zero-order valence-electron chi connectivity index (χ0n) is 13.2. The number of rotatable bonds is 2. The van der Waals surface area contributed by atoms with Crippen LogP contribution in [0.5, 0.6) is 0 Å². The molecule has 0 aromatic carbocycles. The molecule has 1 rings (SSSR count). The minimum Gasteiger partial charge on any atom is -0.444 e. The van der Waals surface area contributed by atoms with Crippen LogP contribution in [-0.2, 0) is 9.53 Å². The highest BCUT2D eigenvalue weighted by molar-refractivity contribution is 5.85. The summed E-state index contributed by atoms with van der Waals surface area (Å²) in [7, 11) is 2.05. The van der Waals surface area contributed by atoms with Crippen LogP contribution in [0.2, 0.25) is 0 Å². The molecule has 116 valence electrons. The average molecular weight is 285 g/mol. The Kier molecular flexibility index (Phi) is 5.80. The molecule has 0 aromatic heterocycles. The molecule has 0 radical (unpaired) electrons. The van der Waals surface area contributed by atoms with Gasteiger partial charge in [0.1, 0.15) is 11.6 Å². The van der Waals surface area contributed by atoms with Crippen LogP contribution in [0.1, 0.15) is 34.1 Å². The predicted octanol–water partition coefficient (Wildman–Crippen LogP) is 1.06. The number of alkyl carbamates (subject to hydrolysis) is 1. The number of likely N-dealkylation sites (N-methyl/N-ethyl adjacent to an activating group) is 1. The molecule has 20 heavy (non-hydrogen) atoms. The summed E-state index contributed by atoms with van der Waals surface area (Å²) in [4.78, 5) is 28.0. The van der Waals surface area contributed by atoms with E-state index in [9.17, 15) is 9.59 Å². The van der Waals surface area contributed by atoms with Gasteiger partial charge < -0.3 is 19.9 Å². The smallest absolute Gasteiger partial charge is 0.408 e. The SMILES string of the molecule is C[C@@H](NC(=O)OC(C)(C)C)C(=O)N1CCCN(C)CC1. The number of carbonyl (C=O) groups excluding carboxylic acids is 2. The van der Waals surface area contributed by atoms with Gasteiger partial charge in [0.15, 0.2) is 0 Å². The minimum atomic E-state index is -0.562. The second-order valence-electron chi connectivity index (χ2n) is 6.35. The second kappa shape index (κ2) is 6.92. The zero-order chi connectivity index (χ0) is 15.3. The van der Waals surface area contributed by atoms with E-state index in [1.54, 1.807) is 27.7 Å². The van der Waals surface area contributed by atoms with E-state index in [2.05, 4.69) is 17.3 Å². The molecule has 1 aliphatic rings. The lowest BCUT2D eigenvalue weighted by Crippen LogP contribution is -2.49. The molecule has 0 spiro atoms. The number of carbonyl (C=O) groups is 2. The fourth-order valence-electron chi connectivity index (χ4n) is 2.09. The van der Waals surface area contributed by atoms with Crippen molar-refractivity contribution in [1.82, 2.24) is 15.1 Å². The number of nitrogens with one attached hydrogen (secondary N) is 1. The lowest BCUT2D eigenvalue weighted by molar-refractivity contribution is -0.132. The van der Waals surface area contributed by atoms with E-state index in [4.69, 9.17) is 4.74 Å². The van der Waals surface area contributed by atoms with Crippen LogP contribution in [0.15, 0.2) is 0 Å². The largest absolute Gasteiger partial charge is 0.444 e. The highest BCUT2D eigenvalue weighted by Crippen LogP contribution is 2.08. The third kappa shape index (κ3) is 5.77. The third-order valence-electron chi connectivity index (χ3n) is 3.13. The Hall–Kier alpha value is -1.30. The van der Waals surface area contributed by atoms with Crippen LogP contribution in [0.3, 0.4) is 0 Å². The Balaban J connectivity index is 2.47. The van der Waals surface area contributed by atoms with Gasteiger partial charge in [0.2, 0.25) is 5.91 Å². The van der Waals surface area contributed by atoms with Crippen molar-refractivity contribution >= 4 is 12.0 Å². The van der Waals surface area contributed by atoms with Crippen LogP contribution < -0.4 is 5.32 Å². The molecule has 0 aromatic rings. The summed E-state index contributed by atoms with van der Waals surface area (Å²) in [5, 5.41) is 2.60. The van der Waals surface area contributed by atoms with Gasteiger partial charge in [-0.05, 0) is 47.7 Å². The van der Waals surface area contributed by atoms with Crippen molar-refractivity contribution in [3.05, 3.63) is 0 Å². The van der Waals surface area contributed by atoms with Crippen LogP contribution >= 0.6 is 0 Å². The van der Waals surface area contributed by atoms with Gasteiger partial charge in [-0.3, -0.25) is 4.79 Å². The summed E-state index contributed by atoms with van der Waals surface area (Å²) in [6.45, 7) is 10.4. The lowest BCUT2D eigenvalue weighted by Gasteiger charge is -2.26. The van der Waals surface area contributed by atoms with Gasteiger partial charge in [-0.25, -0.2) is 4.79 Å². The van der Waals surface area contributed by atoms with Crippen LogP contribution in [0.25, 0.3) is 0 Å². The summed E-state index contributed by atoms with van der Waals surface area (Å²) in [5.74, 6) is -0.0499. The minimum absolute atomic E-state index is 0.0499. The molecule has 0 aliphatic carbocycles. The maximum Gasteiger partial charge on any atom is 0.408 e. The number of ether oxygens (including phenoxy) is 1. The third-order valence-corrected chi connectivity index (χ3v) is 3.13. The van der Waals surface area contributed by atoms with E-state index in [1.807, 2.05) is 4.90 Å². The lowest BCUT2D eigenvalue weighted by atomic mass is 10.2. The van der Waals surface area contributed by atoms with Crippen LogP contribution in [-0.4, -0.2) is 66.7 Å². The summed E-state index contributed by atoms with van der Waals surface area (Å²) >= 11 is 0. The standard InChI is InChI=1S/C14H27N3O3/c1-11(15-13(19)20-14(2,3)4)12(18)17-8-6-7-16(5)9-10-17/h11H,6-10H2,1-5H3,(H,15,19)/t11-/m1/s1. The first-order chi connectivity index (χ1) is 9.19. The summed E-state index contributed by atoms with van der Waals surface area (Å²) < 4.78 is 5.16. The molecule has 0 unspecified atom stereocenters. The molecule has 1 saturated heterocycles. The van der Waals surface area contributed by atoms with Crippen molar-refractivity contribution in [3.8, 4) is 0 Å². The Morgan fingerprint density at radius 2 is 1.80 bits per heavy atom. The normalized spacial score (nSPS) is 19.1. The van der Waals surface area contributed by atoms with Gasteiger partial charge >= 0.3 is 6.09 Å². The van der Waals surface area contributed by atoms with Crippen molar-refractivity contribution < 1.29 is 14.3 Å². The molecular weight excluding hydrogens is 258 g/mol. The Morgan fingerprint density at radius 1 is 1.15 bits per heavy atom. The molecule has 0 bridgehead atoms.